The summed E-state index contributed by atoms with van der Waals surface area (Å²) in [6.45, 7) is 1.56. The van der Waals surface area contributed by atoms with Crippen molar-refractivity contribution < 1.29 is 22.8 Å². The third-order valence-electron chi connectivity index (χ3n) is 4.15. The van der Waals surface area contributed by atoms with E-state index in [1.807, 2.05) is 0 Å². The minimum Gasteiger partial charge on any atom is -0.366 e. The molecule has 1 aliphatic rings. The fraction of sp³-hybridized carbons (Fsp3) is 0.167. The summed E-state index contributed by atoms with van der Waals surface area (Å²) in [5, 5.41) is 2.66. The molecule has 27 heavy (non-hydrogen) atoms. The first-order valence-corrected chi connectivity index (χ1v) is 9.68. The van der Waals surface area contributed by atoms with E-state index in [1.54, 1.807) is 19.1 Å². The van der Waals surface area contributed by atoms with Crippen molar-refractivity contribution in [1.82, 2.24) is 0 Å². The molecule has 1 heterocycles. The van der Waals surface area contributed by atoms with Gasteiger partial charge in [-0.05, 0) is 48.5 Å². The highest BCUT2D eigenvalue weighted by molar-refractivity contribution is 7.94. The summed E-state index contributed by atoms with van der Waals surface area (Å²) in [5.41, 5.74) is 6.44. The van der Waals surface area contributed by atoms with E-state index in [9.17, 15) is 22.8 Å². The van der Waals surface area contributed by atoms with E-state index in [1.165, 1.54) is 36.4 Å². The predicted octanol–water partition coefficient (Wildman–Crippen LogP) is 1.35. The number of carbonyl (C=O) groups excluding carboxylic acids is 3. The van der Waals surface area contributed by atoms with Crippen molar-refractivity contribution in [1.29, 1.82) is 0 Å². The van der Waals surface area contributed by atoms with Crippen molar-refractivity contribution in [2.45, 2.75) is 6.92 Å². The van der Waals surface area contributed by atoms with Crippen LogP contribution in [0.4, 0.5) is 11.4 Å². The monoisotopic (exact) mass is 387 g/mol. The van der Waals surface area contributed by atoms with Gasteiger partial charge in [0.1, 0.15) is 0 Å². The van der Waals surface area contributed by atoms with E-state index in [-0.39, 0.29) is 17.0 Å². The number of nitrogens with zero attached hydrogens (tertiary/aromatic N) is 1. The molecule has 0 unspecified atom stereocenters. The molecule has 8 nitrogen and oxygen atoms in total. The Balaban J connectivity index is 1.76. The smallest absolute Gasteiger partial charge is 0.255 e. The molecule has 2 aromatic rings. The van der Waals surface area contributed by atoms with Gasteiger partial charge in [-0.15, -0.1) is 0 Å². The molecule has 0 saturated carbocycles. The van der Waals surface area contributed by atoms with E-state index >= 15 is 0 Å². The number of carbonyl (C=O) groups is 3. The number of hydrogen-bond acceptors (Lipinski definition) is 5. The molecular weight excluding hydrogens is 370 g/mol. The van der Waals surface area contributed by atoms with Gasteiger partial charge in [-0.1, -0.05) is 6.92 Å². The zero-order valence-electron chi connectivity index (χ0n) is 14.4. The summed E-state index contributed by atoms with van der Waals surface area (Å²) in [5.74, 6) is -2.29. The second-order valence-electron chi connectivity index (χ2n) is 6.22. The van der Waals surface area contributed by atoms with Gasteiger partial charge in [0.05, 0.1) is 17.4 Å². The largest absolute Gasteiger partial charge is 0.366 e. The molecule has 1 fully saturated rings. The number of nitrogens with one attached hydrogen (secondary N) is 1. The molecule has 0 bridgehead atoms. The van der Waals surface area contributed by atoms with Crippen molar-refractivity contribution in [3.05, 3.63) is 59.7 Å². The molecule has 0 radical (unpaired) electrons. The van der Waals surface area contributed by atoms with Crippen LogP contribution >= 0.6 is 0 Å². The number of hydrogen-bond donors (Lipinski definition) is 2. The Morgan fingerprint density at radius 2 is 1.59 bits per heavy atom. The van der Waals surface area contributed by atoms with Crippen LogP contribution in [-0.2, 0) is 14.8 Å². The lowest BCUT2D eigenvalue weighted by Crippen LogP contribution is -2.30. The number of anilines is 2. The average Bonchev–Trinajstić information content (AvgIpc) is 2.82. The topological polar surface area (TPSA) is 127 Å². The van der Waals surface area contributed by atoms with Crippen molar-refractivity contribution in [2.24, 2.45) is 11.7 Å². The van der Waals surface area contributed by atoms with Gasteiger partial charge in [0.15, 0.2) is 0 Å². The lowest BCUT2D eigenvalue weighted by Gasteiger charge is -2.15. The Morgan fingerprint density at radius 3 is 2.07 bits per heavy atom. The van der Waals surface area contributed by atoms with Gasteiger partial charge < -0.3 is 11.1 Å². The van der Waals surface area contributed by atoms with Crippen LogP contribution < -0.4 is 15.4 Å². The first-order valence-electron chi connectivity index (χ1n) is 8.07. The SMILES string of the molecule is C[C@H]1CS(=O)(=O)N(c2ccc(C(=O)Nc3ccc(C(N)=O)cc3)cc2)C1=O. The van der Waals surface area contributed by atoms with E-state index < -0.39 is 33.7 Å². The molecule has 0 aliphatic carbocycles. The molecule has 1 aliphatic heterocycles. The molecule has 3 N–H and O–H groups in total. The first-order chi connectivity index (χ1) is 12.7. The molecule has 0 spiro atoms. The Bertz CT molecular complexity index is 1010. The number of rotatable bonds is 4. The van der Waals surface area contributed by atoms with Crippen molar-refractivity contribution in [2.75, 3.05) is 15.4 Å². The Morgan fingerprint density at radius 1 is 1.04 bits per heavy atom. The van der Waals surface area contributed by atoms with Gasteiger partial charge in [0.2, 0.25) is 21.8 Å². The highest BCUT2D eigenvalue weighted by Crippen LogP contribution is 2.28. The standard InChI is InChI=1S/C18H17N3O5S/c1-11-10-27(25,26)21(18(11)24)15-8-4-13(5-9-15)17(23)20-14-6-2-12(3-7-14)16(19)22/h2-9,11H,10H2,1H3,(H2,19,22)(H,20,23)/t11-/m0/s1. The molecule has 1 saturated heterocycles. The molecule has 140 valence electrons. The van der Waals surface area contributed by atoms with Crippen molar-refractivity contribution >= 4 is 39.1 Å². The van der Waals surface area contributed by atoms with Crippen LogP contribution in [0.1, 0.15) is 27.6 Å². The van der Waals surface area contributed by atoms with Crippen LogP contribution in [0.5, 0.6) is 0 Å². The van der Waals surface area contributed by atoms with Crippen LogP contribution in [0.3, 0.4) is 0 Å². The maximum atomic E-state index is 12.3. The normalized spacial score (nSPS) is 18.3. The lowest BCUT2D eigenvalue weighted by atomic mass is 10.1. The summed E-state index contributed by atoms with van der Waals surface area (Å²) in [6, 6.07) is 11.8. The van der Waals surface area contributed by atoms with Gasteiger partial charge in [-0.2, -0.15) is 0 Å². The van der Waals surface area contributed by atoms with E-state index in [0.717, 1.165) is 4.31 Å². The van der Waals surface area contributed by atoms with Gasteiger partial charge >= 0.3 is 0 Å². The predicted molar refractivity (Wildman–Crippen MR) is 99.8 cm³/mol. The van der Waals surface area contributed by atoms with Crippen LogP contribution in [0, 0.1) is 5.92 Å². The van der Waals surface area contributed by atoms with Gasteiger partial charge in [-0.3, -0.25) is 14.4 Å². The fourth-order valence-electron chi connectivity index (χ4n) is 2.76. The summed E-state index contributed by atoms with van der Waals surface area (Å²) in [6.07, 6.45) is 0. The third-order valence-corrected chi connectivity index (χ3v) is 6.02. The molecule has 9 heteroatoms. The zero-order chi connectivity index (χ0) is 19.8. The quantitative estimate of drug-likeness (QED) is 0.819. The highest BCUT2D eigenvalue weighted by Gasteiger charge is 2.41. The van der Waals surface area contributed by atoms with Crippen LogP contribution in [-0.4, -0.2) is 31.9 Å². The molecule has 3 rings (SSSR count). The first kappa shape index (κ1) is 18.6. The molecule has 0 aromatic heterocycles. The van der Waals surface area contributed by atoms with Gasteiger partial charge in [-0.25, -0.2) is 12.7 Å². The molecule has 1 atom stereocenters. The number of benzene rings is 2. The summed E-state index contributed by atoms with van der Waals surface area (Å²) >= 11 is 0. The summed E-state index contributed by atoms with van der Waals surface area (Å²) < 4.78 is 25.0. The Labute approximate surface area is 156 Å². The molecular formula is C18H17N3O5S. The second-order valence-corrected chi connectivity index (χ2v) is 8.09. The average molecular weight is 387 g/mol. The summed E-state index contributed by atoms with van der Waals surface area (Å²) in [4.78, 5) is 35.4. The maximum absolute atomic E-state index is 12.3. The zero-order valence-corrected chi connectivity index (χ0v) is 15.2. The van der Waals surface area contributed by atoms with E-state index in [0.29, 0.717) is 11.3 Å². The van der Waals surface area contributed by atoms with Crippen LogP contribution in [0.2, 0.25) is 0 Å². The molecule has 2 aromatic carbocycles. The summed E-state index contributed by atoms with van der Waals surface area (Å²) in [7, 11) is -3.69. The van der Waals surface area contributed by atoms with Gasteiger partial charge in [0, 0.05) is 16.8 Å². The van der Waals surface area contributed by atoms with E-state index in [4.69, 9.17) is 5.73 Å². The number of nitrogens with two attached hydrogens (primary N) is 1. The Kier molecular flexibility index (Phi) is 4.71. The Hall–Kier alpha value is -3.20. The number of amides is 3. The number of primary amides is 1. The lowest BCUT2D eigenvalue weighted by molar-refractivity contribution is -0.119. The fourth-order valence-corrected chi connectivity index (χ4v) is 4.58. The minimum atomic E-state index is -3.69. The minimum absolute atomic E-state index is 0.201. The second kappa shape index (κ2) is 6.84. The number of sulfonamides is 1. The third kappa shape index (κ3) is 3.68. The van der Waals surface area contributed by atoms with E-state index in [2.05, 4.69) is 5.32 Å². The molecule has 3 amide bonds. The van der Waals surface area contributed by atoms with Crippen LogP contribution in [0.15, 0.2) is 48.5 Å². The highest BCUT2D eigenvalue weighted by atomic mass is 32.2. The van der Waals surface area contributed by atoms with Crippen molar-refractivity contribution in [3.63, 3.8) is 0 Å². The van der Waals surface area contributed by atoms with Crippen molar-refractivity contribution in [3.8, 4) is 0 Å². The van der Waals surface area contributed by atoms with Gasteiger partial charge in [0.25, 0.3) is 5.91 Å². The maximum Gasteiger partial charge on any atom is 0.255 e. The van der Waals surface area contributed by atoms with Crippen LogP contribution in [0.25, 0.3) is 0 Å².